The lowest BCUT2D eigenvalue weighted by Gasteiger charge is -2.34. The summed E-state index contributed by atoms with van der Waals surface area (Å²) >= 11 is 0. The average Bonchev–Trinajstić information content (AvgIpc) is 2.66. The minimum absolute atomic E-state index is 0.0545. The van der Waals surface area contributed by atoms with Gasteiger partial charge in [-0.05, 0) is 44.7 Å². The van der Waals surface area contributed by atoms with Gasteiger partial charge >= 0.3 is 0 Å². The van der Waals surface area contributed by atoms with Crippen LogP contribution >= 0.6 is 0 Å². The molecular formula is C21H34N2O5S. The molecule has 1 aliphatic heterocycles. The monoisotopic (exact) mass is 426 g/mol. The first kappa shape index (κ1) is 23.8. The van der Waals surface area contributed by atoms with Crippen molar-refractivity contribution in [3.63, 3.8) is 0 Å². The van der Waals surface area contributed by atoms with Crippen molar-refractivity contribution < 1.29 is 22.7 Å². The number of piperidine rings is 1. The van der Waals surface area contributed by atoms with E-state index in [0.717, 1.165) is 16.7 Å². The van der Waals surface area contributed by atoms with Crippen molar-refractivity contribution in [3.8, 4) is 0 Å². The smallest absolute Gasteiger partial charge is 0.243 e. The second-order valence-corrected chi connectivity index (χ2v) is 9.59. The highest BCUT2D eigenvalue weighted by Gasteiger charge is 2.35. The number of aryl methyl sites for hydroxylation is 3. The summed E-state index contributed by atoms with van der Waals surface area (Å²) in [6, 6.07) is 3.80. The van der Waals surface area contributed by atoms with Gasteiger partial charge in [0.05, 0.1) is 18.1 Å². The van der Waals surface area contributed by atoms with Crippen LogP contribution in [0.1, 0.15) is 29.5 Å². The van der Waals surface area contributed by atoms with Crippen LogP contribution in [0.2, 0.25) is 0 Å². The predicted molar refractivity (Wildman–Crippen MR) is 112 cm³/mol. The van der Waals surface area contributed by atoms with Gasteiger partial charge in [0.25, 0.3) is 0 Å². The van der Waals surface area contributed by atoms with E-state index in [1.807, 2.05) is 32.9 Å². The summed E-state index contributed by atoms with van der Waals surface area (Å²) in [5.41, 5.74) is 2.59. The summed E-state index contributed by atoms with van der Waals surface area (Å²) in [6.45, 7) is 8.31. The van der Waals surface area contributed by atoms with Gasteiger partial charge in [-0.25, -0.2) is 8.42 Å². The Morgan fingerprint density at radius 3 is 1.97 bits per heavy atom. The topological polar surface area (TPSA) is 76.2 Å². The van der Waals surface area contributed by atoms with Crippen molar-refractivity contribution in [2.75, 3.05) is 53.6 Å². The van der Waals surface area contributed by atoms with E-state index in [1.165, 1.54) is 4.31 Å². The van der Waals surface area contributed by atoms with Crippen LogP contribution < -0.4 is 0 Å². The maximum atomic E-state index is 13.2. The van der Waals surface area contributed by atoms with Gasteiger partial charge in [-0.3, -0.25) is 4.79 Å². The molecule has 0 aliphatic carbocycles. The summed E-state index contributed by atoms with van der Waals surface area (Å²) in [5, 5.41) is 0. The fourth-order valence-electron chi connectivity index (χ4n) is 4.04. The van der Waals surface area contributed by atoms with E-state index in [9.17, 15) is 13.2 Å². The Morgan fingerprint density at radius 1 is 1.03 bits per heavy atom. The molecule has 0 saturated carbocycles. The molecule has 0 unspecified atom stereocenters. The van der Waals surface area contributed by atoms with Gasteiger partial charge in [0.15, 0.2) is 0 Å². The Bertz CT molecular complexity index is 770. The van der Waals surface area contributed by atoms with Crippen molar-refractivity contribution in [1.82, 2.24) is 9.21 Å². The van der Waals surface area contributed by atoms with Crippen LogP contribution in [-0.2, 0) is 24.3 Å². The number of benzene rings is 1. The molecule has 0 bridgehead atoms. The molecule has 0 spiro atoms. The van der Waals surface area contributed by atoms with Crippen molar-refractivity contribution in [2.45, 2.75) is 38.5 Å². The van der Waals surface area contributed by atoms with Gasteiger partial charge in [0.1, 0.15) is 0 Å². The van der Waals surface area contributed by atoms with Gasteiger partial charge in [-0.2, -0.15) is 4.31 Å². The van der Waals surface area contributed by atoms with Gasteiger partial charge < -0.3 is 14.4 Å². The highest BCUT2D eigenvalue weighted by molar-refractivity contribution is 7.89. The molecule has 0 aromatic heterocycles. The zero-order valence-corrected chi connectivity index (χ0v) is 19.0. The zero-order chi connectivity index (χ0) is 21.6. The lowest BCUT2D eigenvalue weighted by molar-refractivity contribution is -0.138. The van der Waals surface area contributed by atoms with Crippen LogP contribution in [0.15, 0.2) is 17.0 Å². The molecule has 1 fully saturated rings. The molecule has 1 amide bonds. The number of methoxy groups -OCH3 is 2. The Balaban J connectivity index is 2.08. The van der Waals surface area contributed by atoms with Crippen molar-refractivity contribution in [3.05, 3.63) is 28.8 Å². The number of carbonyl (C=O) groups excluding carboxylic acids is 1. The summed E-state index contributed by atoms with van der Waals surface area (Å²) in [7, 11) is -0.352. The highest BCUT2D eigenvalue weighted by atomic mass is 32.2. The Labute approximate surface area is 175 Å². The molecule has 7 nitrogen and oxygen atoms in total. The summed E-state index contributed by atoms with van der Waals surface area (Å²) in [6.07, 6.45) is 1.05. The second-order valence-electron chi connectivity index (χ2n) is 7.72. The van der Waals surface area contributed by atoms with Gasteiger partial charge in [-0.1, -0.05) is 17.7 Å². The molecule has 1 aromatic carbocycles. The largest absolute Gasteiger partial charge is 0.383 e. The van der Waals surface area contributed by atoms with Crippen LogP contribution in [0.25, 0.3) is 0 Å². The SMILES string of the molecule is COCCN(CCOC)C(=O)C1CCN(S(=O)(=O)c2c(C)cc(C)cc2C)CC1. The molecule has 8 heteroatoms. The van der Waals surface area contributed by atoms with Gasteiger partial charge in [0.2, 0.25) is 15.9 Å². The minimum atomic E-state index is -3.57. The van der Waals surface area contributed by atoms with Gasteiger partial charge in [-0.15, -0.1) is 0 Å². The third-order valence-corrected chi connectivity index (χ3v) is 7.65. The third-order valence-electron chi connectivity index (χ3n) is 5.45. The number of sulfonamides is 1. The van der Waals surface area contributed by atoms with Crippen LogP contribution in [-0.4, -0.2) is 77.1 Å². The van der Waals surface area contributed by atoms with Crippen molar-refractivity contribution in [2.24, 2.45) is 5.92 Å². The number of rotatable bonds is 9. The lowest BCUT2D eigenvalue weighted by Crippen LogP contribution is -2.46. The van der Waals surface area contributed by atoms with E-state index in [-0.39, 0.29) is 11.8 Å². The third kappa shape index (κ3) is 5.78. The van der Waals surface area contributed by atoms with Crippen LogP contribution in [0.5, 0.6) is 0 Å². The summed E-state index contributed by atoms with van der Waals surface area (Å²) in [4.78, 5) is 15.1. The van der Waals surface area contributed by atoms with Crippen molar-refractivity contribution in [1.29, 1.82) is 0 Å². The summed E-state index contributed by atoms with van der Waals surface area (Å²) < 4.78 is 38.2. The number of amides is 1. The maximum Gasteiger partial charge on any atom is 0.243 e. The van der Waals surface area contributed by atoms with E-state index in [0.29, 0.717) is 57.1 Å². The van der Waals surface area contributed by atoms with E-state index in [2.05, 4.69) is 0 Å². The van der Waals surface area contributed by atoms with Crippen LogP contribution in [0, 0.1) is 26.7 Å². The molecule has 0 atom stereocenters. The molecular weight excluding hydrogens is 392 g/mol. The Hall–Kier alpha value is -1.48. The first-order valence-corrected chi connectivity index (χ1v) is 11.5. The van der Waals surface area contributed by atoms with E-state index in [1.54, 1.807) is 19.1 Å². The molecule has 0 N–H and O–H groups in total. The lowest BCUT2D eigenvalue weighted by atomic mass is 9.96. The van der Waals surface area contributed by atoms with Crippen LogP contribution in [0.4, 0.5) is 0 Å². The fraction of sp³-hybridized carbons (Fsp3) is 0.667. The number of ether oxygens (including phenoxy) is 2. The minimum Gasteiger partial charge on any atom is -0.383 e. The quantitative estimate of drug-likeness (QED) is 0.605. The summed E-state index contributed by atoms with van der Waals surface area (Å²) in [5.74, 6) is -0.116. The molecule has 29 heavy (non-hydrogen) atoms. The molecule has 1 saturated heterocycles. The van der Waals surface area contributed by atoms with E-state index in [4.69, 9.17) is 9.47 Å². The number of hydrogen-bond acceptors (Lipinski definition) is 5. The predicted octanol–water partition coefficient (Wildman–Crippen LogP) is 2.13. The fourth-order valence-corrected chi connectivity index (χ4v) is 5.92. The average molecular weight is 427 g/mol. The zero-order valence-electron chi connectivity index (χ0n) is 18.2. The first-order valence-electron chi connectivity index (χ1n) is 10.1. The van der Waals surface area contributed by atoms with E-state index < -0.39 is 10.0 Å². The Morgan fingerprint density at radius 2 is 1.52 bits per heavy atom. The molecule has 1 heterocycles. The molecule has 1 aliphatic rings. The number of hydrogen-bond donors (Lipinski definition) is 0. The van der Waals surface area contributed by atoms with Gasteiger partial charge in [0, 0.05) is 46.3 Å². The molecule has 164 valence electrons. The first-order chi connectivity index (χ1) is 13.7. The molecule has 2 rings (SSSR count). The maximum absolute atomic E-state index is 13.2. The van der Waals surface area contributed by atoms with E-state index >= 15 is 0 Å². The number of carbonyl (C=O) groups is 1. The second kappa shape index (κ2) is 10.5. The number of nitrogens with zero attached hydrogens (tertiary/aromatic N) is 2. The molecule has 0 radical (unpaired) electrons. The highest BCUT2D eigenvalue weighted by Crippen LogP contribution is 2.29. The van der Waals surface area contributed by atoms with Crippen molar-refractivity contribution >= 4 is 15.9 Å². The standard InChI is InChI=1S/C21H34N2O5S/c1-16-14-17(2)20(18(3)15-16)29(25,26)23-8-6-19(7-9-23)21(24)22(10-12-27-4)11-13-28-5/h14-15,19H,6-13H2,1-5H3. The Kier molecular flexibility index (Phi) is 8.63. The molecule has 1 aromatic rings. The normalized spacial score (nSPS) is 16.2. The van der Waals surface area contributed by atoms with Crippen LogP contribution in [0.3, 0.4) is 0 Å².